The van der Waals surface area contributed by atoms with Gasteiger partial charge in [-0.15, -0.1) is 0 Å². The molecule has 0 radical (unpaired) electrons. The fourth-order valence-corrected chi connectivity index (χ4v) is 4.08. The molecule has 0 fully saturated rings. The maximum Gasteiger partial charge on any atom is 0.146 e. The number of benzene rings is 1. The maximum atomic E-state index is 8.94. The van der Waals surface area contributed by atoms with Gasteiger partial charge in [-0.05, 0) is 61.0 Å². The zero-order valence-corrected chi connectivity index (χ0v) is 19.7. The van der Waals surface area contributed by atoms with Crippen molar-refractivity contribution in [2.24, 2.45) is 5.92 Å². The summed E-state index contributed by atoms with van der Waals surface area (Å²) in [5.74, 6) is 1.52. The summed E-state index contributed by atoms with van der Waals surface area (Å²) in [7, 11) is 0. The molecular formula is C30H16N4O4. The van der Waals surface area contributed by atoms with Crippen LogP contribution in [-0.2, 0) is 0 Å². The summed E-state index contributed by atoms with van der Waals surface area (Å²) >= 11 is 0. The van der Waals surface area contributed by atoms with Crippen LogP contribution < -0.4 is 0 Å². The number of allylic oxidation sites excluding steroid dienone is 4. The molecule has 0 amide bonds. The van der Waals surface area contributed by atoms with Gasteiger partial charge in [0.1, 0.15) is 57.8 Å². The summed E-state index contributed by atoms with van der Waals surface area (Å²) in [6, 6.07) is 18.4. The number of fused-ring (bicyclic) bond motifs is 2. The van der Waals surface area contributed by atoms with Gasteiger partial charge in [0.05, 0.1) is 35.8 Å². The van der Waals surface area contributed by atoms with Crippen molar-refractivity contribution in [3.05, 3.63) is 84.2 Å². The lowest BCUT2D eigenvalue weighted by atomic mass is 9.98. The molecule has 5 aromatic rings. The molecule has 1 aromatic carbocycles. The molecule has 0 aliphatic carbocycles. The average molecular weight is 496 g/mol. The van der Waals surface area contributed by atoms with Crippen molar-refractivity contribution in [1.29, 1.82) is 21.0 Å². The molecule has 0 bridgehead atoms. The minimum Gasteiger partial charge on any atom is -0.464 e. The van der Waals surface area contributed by atoms with Gasteiger partial charge in [0, 0.05) is 10.8 Å². The summed E-state index contributed by atoms with van der Waals surface area (Å²) in [6.45, 7) is 0. The zero-order chi connectivity index (χ0) is 26.5. The van der Waals surface area contributed by atoms with E-state index < -0.39 is 5.92 Å². The molecule has 0 saturated heterocycles. The van der Waals surface area contributed by atoms with Crippen LogP contribution in [0, 0.1) is 51.2 Å². The van der Waals surface area contributed by atoms with E-state index in [2.05, 4.69) is 0 Å². The van der Waals surface area contributed by atoms with Crippen molar-refractivity contribution < 1.29 is 17.7 Å². The van der Waals surface area contributed by atoms with E-state index in [0.717, 1.165) is 16.3 Å². The van der Waals surface area contributed by atoms with Gasteiger partial charge in [-0.2, -0.15) is 21.0 Å². The molecule has 0 unspecified atom stereocenters. The summed E-state index contributed by atoms with van der Waals surface area (Å²) in [5, 5.41) is 37.2. The quantitative estimate of drug-likeness (QED) is 0.164. The lowest BCUT2D eigenvalue weighted by Crippen LogP contribution is -1.88. The van der Waals surface area contributed by atoms with Crippen molar-refractivity contribution >= 4 is 34.1 Å². The first kappa shape index (κ1) is 23.8. The van der Waals surface area contributed by atoms with Gasteiger partial charge >= 0.3 is 0 Å². The molecule has 38 heavy (non-hydrogen) atoms. The third-order valence-electron chi connectivity index (χ3n) is 5.80. The highest BCUT2D eigenvalue weighted by Gasteiger charge is 2.24. The van der Waals surface area contributed by atoms with Gasteiger partial charge in [-0.25, -0.2) is 0 Å². The predicted octanol–water partition coefficient (Wildman–Crippen LogP) is 7.75. The lowest BCUT2D eigenvalue weighted by molar-refractivity contribution is 0.565. The monoisotopic (exact) mass is 496 g/mol. The number of hydrogen-bond acceptors (Lipinski definition) is 8. The molecule has 5 rings (SSSR count). The molecule has 0 atom stereocenters. The summed E-state index contributed by atoms with van der Waals surface area (Å²) in [6.07, 6.45) is 11.6. The van der Waals surface area contributed by atoms with E-state index in [9.17, 15) is 0 Å². The summed E-state index contributed by atoms with van der Waals surface area (Å²) < 4.78 is 23.9. The molecule has 0 aliphatic heterocycles. The largest absolute Gasteiger partial charge is 0.464 e. The molecule has 8 nitrogen and oxygen atoms in total. The Bertz CT molecular complexity index is 1830. The Morgan fingerprint density at radius 1 is 0.737 bits per heavy atom. The molecule has 180 valence electrons. The van der Waals surface area contributed by atoms with Gasteiger partial charge in [0.25, 0.3) is 0 Å². The maximum absolute atomic E-state index is 8.94. The summed E-state index contributed by atoms with van der Waals surface area (Å²) in [4.78, 5) is 0. The normalized spacial score (nSPS) is 11.2. The van der Waals surface area contributed by atoms with Crippen LogP contribution in [0.4, 0.5) is 0 Å². The minimum atomic E-state index is -0.705. The third kappa shape index (κ3) is 4.38. The Morgan fingerprint density at radius 3 is 1.82 bits per heavy atom. The van der Waals surface area contributed by atoms with Gasteiger partial charge in [-0.3, -0.25) is 0 Å². The molecule has 0 saturated carbocycles. The number of nitrogens with zero attached hydrogens (tertiary/aromatic N) is 4. The Balaban J connectivity index is 1.54. The van der Waals surface area contributed by atoms with Crippen LogP contribution in [0.25, 0.3) is 56.7 Å². The number of furan rings is 4. The molecule has 0 N–H and O–H groups in total. The van der Waals surface area contributed by atoms with Crippen LogP contribution in [-0.4, -0.2) is 0 Å². The smallest absolute Gasteiger partial charge is 0.146 e. The van der Waals surface area contributed by atoms with E-state index in [1.54, 1.807) is 61.1 Å². The van der Waals surface area contributed by atoms with Gasteiger partial charge in [0.15, 0.2) is 0 Å². The molecule has 8 heteroatoms. The SMILES string of the molecule is N#CC(C#N)=C/C=C/c1ccc(-c2c3ccoc3c(-c3ccc(/C=C/CC(C#N)C#N)o3)c3ccoc23)o1. The van der Waals surface area contributed by atoms with E-state index in [-0.39, 0.29) is 5.57 Å². The van der Waals surface area contributed by atoms with Crippen LogP contribution in [0.3, 0.4) is 0 Å². The molecule has 4 aromatic heterocycles. The molecule has 0 aliphatic rings. The van der Waals surface area contributed by atoms with Crippen LogP contribution in [0.2, 0.25) is 0 Å². The van der Waals surface area contributed by atoms with Gasteiger partial charge < -0.3 is 17.7 Å². The third-order valence-corrected chi connectivity index (χ3v) is 5.80. The van der Waals surface area contributed by atoms with Crippen LogP contribution in [0.15, 0.2) is 90.4 Å². The van der Waals surface area contributed by atoms with Crippen molar-refractivity contribution in [1.82, 2.24) is 0 Å². The van der Waals surface area contributed by atoms with E-state index in [4.69, 9.17) is 38.7 Å². The highest BCUT2D eigenvalue weighted by atomic mass is 16.4. The highest BCUT2D eigenvalue weighted by molar-refractivity contribution is 6.17. The van der Waals surface area contributed by atoms with Gasteiger partial charge in [-0.1, -0.05) is 12.2 Å². The van der Waals surface area contributed by atoms with Crippen molar-refractivity contribution in [2.75, 3.05) is 0 Å². The fraction of sp³-hybridized carbons (Fsp3) is 0.0667. The first-order valence-electron chi connectivity index (χ1n) is 11.4. The second-order valence-corrected chi connectivity index (χ2v) is 8.09. The molecule has 0 spiro atoms. The van der Waals surface area contributed by atoms with Crippen LogP contribution >= 0.6 is 0 Å². The molecule has 4 heterocycles. The predicted molar refractivity (Wildman–Crippen MR) is 138 cm³/mol. The average Bonchev–Trinajstić information content (AvgIpc) is 3.75. The van der Waals surface area contributed by atoms with E-state index in [0.29, 0.717) is 46.2 Å². The van der Waals surface area contributed by atoms with E-state index in [1.165, 1.54) is 6.08 Å². The van der Waals surface area contributed by atoms with Crippen LogP contribution in [0.5, 0.6) is 0 Å². The zero-order valence-electron chi connectivity index (χ0n) is 19.7. The lowest BCUT2D eigenvalue weighted by Gasteiger charge is -2.06. The van der Waals surface area contributed by atoms with Crippen molar-refractivity contribution in [3.8, 4) is 46.9 Å². The summed E-state index contributed by atoms with van der Waals surface area (Å²) in [5.41, 5.74) is 2.62. The Kier molecular flexibility index (Phi) is 6.47. The minimum absolute atomic E-state index is 0.00822. The molecular weight excluding hydrogens is 480 g/mol. The number of hydrogen-bond donors (Lipinski definition) is 0. The second-order valence-electron chi connectivity index (χ2n) is 8.09. The van der Waals surface area contributed by atoms with Crippen molar-refractivity contribution in [2.45, 2.75) is 6.42 Å². The van der Waals surface area contributed by atoms with Gasteiger partial charge in [0.2, 0.25) is 0 Å². The Morgan fingerprint density at radius 2 is 1.29 bits per heavy atom. The highest BCUT2D eigenvalue weighted by Crippen LogP contribution is 2.45. The van der Waals surface area contributed by atoms with E-state index >= 15 is 0 Å². The Hall–Kier alpha value is -5.96. The topological polar surface area (TPSA) is 148 Å². The Labute approximate surface area is 216 Å². The standard InChI is InChI=1S/C30H16N4O4/c31-15-19(16-32)3-1-5-21-7-9-25(37-21)27-23-11-13-36-30(23)28(24-12-14-35-29(24)27)26-10-8-22(38-26)6-2-4-20(17-33)18-34/h1-3,5-14,20H,4H2/b5-1+,6-2+. The number of rotatable bonds is 7. The first-order chi connectivity index (χ1) is 18.7. The second kappa shape index (κ2) is 10.3. The van der Waals surface area contributed by atoms with E-state index in [1.807, 2.05) is 36.4 Å². The van der Waals surface area contributed by atoms with Crippen LogP contribution in [0.1, 0.15) is 17.9 Å². The first-order valence-corrected chi connectivity index (χ1v) is 11.4. The van der Waals surface area contributed by atoms with Crippen molar-refractivity contribution in [3.63, 3.8) is 0 Å². The number of nitriles is 4. The fourth-order valence-electron chi connectivity index (χ4n) is 4.08.